The van der Waals surface area contributed by atoms with E-state index >= 15 is 0 Å². The number of fused-ring (bicyclic) bond motifs is 1. The molecular weight excluding hydrogens is 326 g/mol. The maximum Gasteiger partial charge on any atom is 0.156 e. The molecule has 3 heterocycles. The number of hydrogen-bond donors (Lipinski definition) is 1. The Morgan fingerprint density at radius 2 is 1.96 bits per heavy atom. The zero-order valence-electron chi connectivity index (χ0n) is 12.9. The summed E-state index contributed by atoms with van der Waals surface area (Å²) >= 11 is 6.15. The third-order valence-corrected chi connectivity index (χ3v) is 3.91. The fraction of sp³-hybridized carbons (Fsp3) is 0.0556. The van der Waals surface area contributed by atoms with Gasteiger partial charge in [-0.05, 0) is 48.5 Å². The Labute approximate surface area is 143 Å². The summed E-state index contributed by atoms with van der Waals surface area (Å²) in [5.41, 5.74) is 2.41. The molecule has 0 saturated carbocycles. The normalized spacial score (nSPS) is 10.9. The van der Waals surface area contributed by atoms with Crippen molar-refractivity contribution < 1.29 is 9.15 Å². The molecule has 1 aromatic carbocycles. The maximum absolute atomic E-state index is 6.15. The van der Waals surface area contributed by atoms with Gasteiger partial charge in [0.25, 0.3) is 0 Å². The lowest BCUT2D eigenvalue weighted by molar-refractivity contribution is 0.415. The average molecular weight is 340 g/mol. The lowest BCUT2D eigenvalue weighted by Gasteiger charge is -2.09. The molecule has 1 N–H and O–H groups in total. The van der Waals surface area contributed by atoms with Crippen molar-refractivity contribution in [2.24, 2.45) is 0 Å². The fourth-order valence-electron chi connectivity index (χ4n) is 2.53. The predicted octanol–water partition coefficient (Wildman–Crippen LogP) is 5.00. The van der Waals surface area contributed by atoms with Gasteiger partial charge in [-0.2, -0.15) is 0 Å². The van der Waals surface area contributed by atoms with E-state index in [2.05, 4.69) is 10.3 Å². The van der Waals surface area contributed by atoms with Crippen molar-refractivity contribution in [2.75, 3.05) is 12.4 Å². The molecular formula is C18H14ClN3O2. The lowest BCUT2D eigenvalue weighted by atomic mass is 10.3. The van der Waals surface area contributed by atoms with Crippen LogP contribution in [-0.2, 0) is 0 Å². The first-order chi connectivity index (χ1) is 11.7. The zero-order chi connectivity index (χ0) is 16.5. The quantitative estimate of drug-likeness (QED) is 0.568. The number of benzene rings is 1. The van der Waals surface area contributed by atoms with Crippen LogP contribution in [0, 0.1) is 0 Å². The summed E-state index contributed by atoms with van der Waals surface area (Å²) in [7, 11) is 1.64. The summed E-state index contributed by atoms with van der Waals surface area (Å²) in [5, 5.41) is 4.02. The van der Waals surface area contributed by atoms with E-state index in [1.165, 1.54) is 0 Å². The number of nitrogens with zero attached hydrogens (tertiary/aromatic N) is 2. The van der Waals surface area contributed by atoms with E-state index in [1.807, 2.05) is 59.1 Å². The third kappa shape index (κ3) is 2.59. The van der Waals surface area contributed by atoms with Crippen molar-refractivity contribution in [3.63, 3.8) is 0 Å². The molecule has 0 amide bonds. The van der Waals surface area contributed by atoms with E-state index in [0.29, 0.717) is 10.8 Å². The Bertz CT molecular complexity index is 976. The Hall–Kier alpha value is -2.92. The fourth-order valence-corrected chi connectivity index (χ4v) is 2.69. The number of methoxy groups -OCH3 is 1. The molecule has 0 fully saturated rings. The molecule has 120 valence electrons. The summed E-state index contributed by atoms with van der Waals surface area (Å²) in [6.07, 6.45) is 3.45. The summed E-state index contributed by atoms with van der Waals surface area (Å²) < 4.78 is 12.6. The highest BCUT2D eigenvalue weighted by molar-refractivity contribution is 6.30. The number of anilines is 2. The zero-order valence-corrected chi connectivity index (χ0v) is 13.6. The van der Waals surface area contributed by atoms with Crippen molar-refractivity contribution in [1.82, 2.24) is 9.38 Å². The molecule has 0 aliphatic heterocycles. The van der Waals surface area contributed by atoms with E-state index in [0.717, 1.165) is 28.6 Å². The number of nitrogens with one attached hydrogen (secondary N) is 1. The van der Waals surface area contributed by atoms with Crippen LogP contribution in [0.4, 0.5) is 11.5 Å². The second-order valence-electron chi connectivity index (χ2n) is 5.22. The number of rotatable bonds is 4. The molecule has 4 rings (SSSR count). The minimum Gasteiger partial charge on any atom is -0.497 e. The smallest absolute Gasteiger partial charge is 0.156 e. The second kappa shape index (κ2) is 5.94. The average Bonchev–Trinajstić information content (AvgIpc) is 3.24. The van der Waals surface area contributed by atoms with Crippen LogP contribution in [-0.4, -0.2) is 16.5 Å². The summed E-state index contributed by atoms with van der Waals surface area (Å²) in [4.78, 5) is 4.65. The van der Waals surface area contributed by atoms with Crippen molar-refractivity contribution in [3.05, 3.63) is 66.0 Å². The number of furan rings is 1. The largest absolute Gasteiger partial charge is 0.497 e. The van der Waals surface area contributed by atoms with Crippen molar-refractivity contribution in [3.8, 4) is 17.2 Å². The minimum atomic E-state index is 0.628. The molecule has 0 aliphatic carbocycles. The number of imidazole rings is 1. The van der Waals surface area contributed by atoms with Crippen LogP contribution in [0.1, 0.15) is 0 Å². The molecule has 5 nitrogen and oxygen atoms in total. The Morgan fingerprint density at radius 3 is 2.67 bits per heavy atom. The maximum atomic E-state index is 6.15. The molecule has 3 aromatic heterocycles. The van der Waals surface area contributed by atoms with Gasteiger partial charge in [-0.25, -0.2) is 4.98 Å². The van der Waals surface area contributed by atoms with Gasteiger partial charge in [0.2, 0.25) is 0 Å². The van der Waals surface area contributed by atoms with Gasteiger partial charge >= 0.3 is 0 Å². The number of ether oxygens (including phenoxy) is 1. The van der Waals surface area contributed by atoms with E-state index < -0.39 is 0 Å². The van der Waals surface area contributed by atoms with Gasteiger partial charge in [0.1, 0.15) is 22.9 Å². The molecule has 0 saturated heterocycles. The van der Waals surface area contributed by atoms with Gasteiger partial charge in [0.15, 0.2) is 5.76 Å². The first-order valence-corrected chi connectivity index (χ1v) is 7.75. The molecule has 0 spiro atoms. The van der Waals surface area contributed by atoms with Crippen molar-refractivity contribution >= 4 is 28.8 Å². The number of hydrogen-bond acceptors (Lipinski definition) is 4. The lowest BCUT2D eigenvalue weighted by Crippen LogP contribution is -1.97. The topological polar surface area (TPSA) is 51.7 Å². The molecule has 0 unspecified atom stereocenters. The standard InChI is InChI=1S/C18H14ClN3O2/c1-23-14-7-5-13(6-8-14)20-18-17(15-3-2-10-24-15)21-16-9-4-12(19)11-22(16)18/h2-11,20H,1H3. The molecule has 0 radical (unpaired) electrons. The van der Waals surface area contributed by atoms with E-state index in [1.54, 1.807) is 13.4 Å². The Kier molecular flexibility index (Phi) is 3.63. The van der Waals surface area contributed by atoms with Gasteiger partial charge in [-0.15, -0.1) is 0 Å². The monoisotopic (exact) mass is 339 g/mol. The highest BCUT2D eigenvalue weighted by Gasteiger charge is 2.16. The minimum absolute atomic E-state index is 0.628. The molecule has 24 heavy (non-hydrogen) atoms. The van der Waals surface area contributed by atoms with E-state index in [-0.39, 0.29) is 0 Å². The third-order valence-electron chi connectivity index (χ3n) is 3.69. The highest BCUT2D eigenvalue weighted by atomic mass is 35.5. The van der Waals surface area contributed by atoms with E-state index in [9.17, 15) is 0 Å². The molecule has 0 aliphatic rings. The number of aromatic nitrogens is 2. The van der Waals surface area contributed by atoms with Crippen molar-refractivity contribution in [2.45, 2.75) is 0 Å². The molecule has 6 heteroatoms. The summed E-state index contributed by atoms with van der Waals surface area (Å²) in [5.74, 6) is 2.27. The first-order valence-electron chi connectivity index (χ1n) is 7.37. The van der Waals surface area contributed by atoms with Gasteiger partial charge < -0.3 is 14.5 Å². The van der Waals surface area contributed by atoms with Crippen molar-refractivity contribution in [1.29, 1.82) is 0 Å². The molecule has 0 atom stereocenters. The van der Waals surface area contributed by atoms with Gasteiger partial charge in [0.05, 0.1) is 18.4 Å². The molecule has 4 aromatic rings. The van der Waals surface area contributed by atoms with Crippen LogP contribution >= 0.6 is 11.6 Å². The highest BCUT2D eigenvalue weighted by Crippen LogP contribution is 2.32. The number of pyridine rings is 1. The predicted molar refractivity (Wildman–Crippen MR) is 94.2 cm³/mol. The summed E-state index contributed by atoms with van der Waals surface area (Å²) in [6, 6.07) is 15.1. The van der Waals surface area contributed by atoms with Gasteiger partial charge in [-0.1, -0.05) is 11.6 Å². The van der Waals surface area contributed by atoms with Crippen LogP contribution < -0.4 is 10.1 Å². The van der Waals surface area contributed by atoms with Crippen LogP contribution in [0.25, 0.3) is 17.1 Å². The van der Waals surface area contributed by atoms with E-state index in [4.69, 9.17) is 20.8 Å². The van der Waals surface area contributed by atoms with Crippen LogP contribution in [0.5, 0.6) is 5.75 Å². The second-order valence-corrected chi connectivity index (χ2v) is 5.65. The first kappa shape index (κ1) is 14.7. The number of halogens is 1. The SMILES string of the molecule is COc1ccc(Nc2c(-c3ccco3)nc3ccc(Cl)cn23)cc1. The molecule has 0 bridgehead atoms. The van der Waals surface area contributed by atoms with Crippen LogP contribution in [0.3, 0.4) is 0 Å². The Balaban J connectivity index is 1.84. The Morgan fingerprint density at radius 1 is 1.12 bits per heavy atom. The van der Waals surface area contributed by atoms with Gasteiger partial charge in [-0.3, -0.25) is 4.40 Å². The summed E-state index contributed by atoms with van der Waals surface area (Å²) in [6.45, 7) is 0. The van der Waals surface area contributed by atoms with Gasteiger partial charge in [0, 0.05) is 11.9 Å². The van der Waals surface area contributed by atoms with Crippen LogP contribution in [0.15, 0.2) is 65.4 Å². The van der Waals surface area contributed by atoms with Crippen LogP contribution in [0.2, 0.25) is 5.02 Å².